The molecule has 2 heterocycles. The van der Waals surface area contributed by atoms with Crippen molar-refractivity contribution < 1.29 is 4.79 Å². The predicted molar refractivity (Wildman–Crippen MR) is 57.6 cm³/mol. The van der Waals surface area contributed by atoms with E-state index in [9.17, 15) is 4.79 Å². The van der Waals surface area contributed by atoms with Gasteiger partial charge < -0.3 is 5.32 Å². The van der Waals surface area contributed by atoms with E-state index in [2.05, 4.69) is 10.3 Å². The van der Waals surface area contributed by atoms with Gasteiger partial charge in [-0.05, 0) is 36.5 Å². The number of thioether (sulfide) groups is 1. The molecule has 2 aliphatic rings. The van der Waals surface area contributed by atoms with Crippen molar-refractivity contribution in [2.45, 2.75) is 13.8 Å². The molecule has 0 aliphatic carbocycles. The first-order valence-corrected chi connectivity index (χ1v) is 5.10. The molecule has 1 amide bonds. The summed E-state index contributed by atoms with van der Waals surface area (Å²) in [5.41, 5.74) is 1.09. The number of carbonyl (C=O) groups excluding carboxylic acids is 1. The lowest BCUT2D eigenvalue weighted by Gasteiger charge is -2.17. The van der Waals surface area contributed by atoms with E-state index < -0.39 is 0 Å². The molecule has 0 radical (unpaired) electrons. The van der Waals surface area contributed by atoms with Gasteiger partial charge in [0.05, 0.1) is 5.04 Å². The van der Waals surface area contributed by atoms with Crippen LogP contribution in [-0.4, -0.2) is 16.1 Å². The molecule has 0 bridgehead atoms. The zero-order chi connectivity index (χ0) is 9.59. The van der Waals surface area contributed by atoms with E-state index >= 15 is 0 Å². The fourth-order valence-corrected chi connectivity index (χ4v) is 2.77. The standard InChI is InChI=1S/C8H8N2OS2/c1-3-4(2)13-7-5(3)6(11)9-8(12)10-7/h5H,1-2H3,(H,9,11,12). The van der Waals surface area contributed by atoms with Crippen LogP contribution < -0.4 is 5.32 Å². The van der Waals surface area contributed by atoms with Gasteiger partial charge in [-0.3, -0.25) is 4.79 Å². The molecule has 2 aliphatic heterocycles. The molecule has 1 unspecified atom stereocenters. The summed E-state index contributed by atoms with van der Waals surface area (Å²) in [7, 11) is 0. The minimum absolute atomic E-state index is 0.0446. The number of allylic oxidation sites excluding steroid dienone is 1. The molecule has 0 saturated heterocycles. The molecule has 2 rings (SSSR count). The third-order valence-corrected chi connectivity index (χ3v) is 3.55. The number of hydrogen-bond donors (Lipinski definition) is 1. The van der Waals surface area contributed by atoms with Crippen LogP contribution >= 0.6 is 24.0 Å². The van der Waals surface area contributed by atoms with Crippen molar-refractivity contribution in [3.05, 3.63) is 10.5 Å². The first kappa shape index (κ1) is 8.90. The van der Waals surface area contributed by atoms with Gasteiger partial charge in [-0.2, -0.15) is 0 Å². The van der Waals surface area contributed by atoms with Crippen LogP contribution in [0.5, 0.6) is 0 Å². The lowest BCUT2D eigenvalue weighted by atomic mass is 10.0. The Bertz CT molecular complexity index is 370. The van der Waals surface area contributed by atoms with Gasteiger partial charge in [0.15, 0.2) is 5.11 Å². The molecule has 0 aromatic rings. The van der Waals surface area contributed by atoms with E-state index in [0.717, 1.165) is 15.5 Å². The SMILES string of the molecule is CC1=C(C)C2C(=O)NC(=S)N=C2S1. The number of nitrogens with zero attached hydrogens (tertiary/aromatic N) is 1. The number of aliphatic imine (C=N–C) groups is 1. The molecular formula is C8H8N2OS2. The summed E-state index contributed by atoms with van der Waals surface area (Å²) in [6, 6.07) is 0. The minimum atomic E-state index is -0.184. The van der Waals surface area contributed by atoms with Gasteiger partial charge >= 0.3 is 0 Å². The molecule has 0 fully saturated rings. The first-order chi connectivity index (χ1) is 6.09. The molecule has 3 nitrogen and oxygen atoms in total. The number of fused-ring (bicyclic) bond motifs is 1. The Labute approximate surface area is 85.7 Å². The summed E-state index contributed by atoms with van der Waals surface area (Å²) in [4.78, 5) is 16.8. The number of rotatable bonds is 0. The van der Waals surface area contributed by atoms with E-state index in [4.69, 9.17) is 12.2 Å². The largest absolute Gasteiger partial charge is 0.300 e. The summed E-state index contributed by atoms with van der Waals surface area (Å²) in [5.74, 6) is -0.228. The molecule has 1 N–H and O–H groups in total. The highest BCUT2D eigenvalue weighted by molar-refractivity contribution is 8.17. The summed E-state index contributed by atoms with van der Waals surface area (Å²) in [6.07, 6.45) is 0. The van der Waals surface area contributed by atoms with Gasteiger partial charge in [-0.15, -0.1) is 0 Å². The Morgan fingerprint density at radius 3 is 2.92 bits per heavy atom. The van der Waals surface area contributed by atoms with Gasteiger partial charge in [0.2, 0.25) is 5.91 Å². The van der Waals surface area contributed by atoms with Crippen molar-refractivity contribution in [3.63, 3.8) is 0 Å². The third-order valence-electron chi connectivity index (χ3n) is 2.20. The van der Waals surface area contributed by atoms with Gasteiger partial charge in [0.1, 0.15) is 5.92 Å². The Hall–Kier alpha value is -0.680. The smallest absolute Gasteiger partial charge is 0.240 e. The topological polar surface area (TPSA) is 41.5 Å². The minimum Gasteiger partial charge on any atom is -0.300 e. The third kappa shape index (κ3) is 1.32. The number of nitrogens with one attached hydrogen (secondary N) is 1. The van der Waals surface area contributed by atoms with Crippen molar-refractivity contribution >= 4 is 40.0 Å². The van der Waals surface area contributed by atoms with E-state index in [1.165, 1.54) is 0 Å². The average molecular weight is 212 g/mol. The van der Waals surface area contributed by atoms with E-state index in [-0.39, 0.29) is 16.9 Å². The number of hydrogen-bond acceptors (Lipinski definition) is 3. The van der Waals surface area contributed by atoms with Crippen molar-refractivity contribution in [2.75, 3.05) is 0 Å². The van der Waals surface area contributed by atoms with Crippen molar-refractivity contribution in [1.82, 2.24) is 5.32 Å². The van der Waals surface area contributed by atoms with Crippen LogP contribution in [0.15, 0.2) is 15.5 Å². The maximum Gasteiger partial charge on any atom is 0.240 e. The van der Waals surface area contributed by atoms with Crippen LogP contribution in [0.4, 0.5) is 0 Å². The fourth-order valence-electron chi connectivity index (χ4n) is 1.39. The second-order valence-corrected chi connectivity index (χ2v) is 4.64. The zero-order valence-corrected chi connectivity index (χ0v) is 8.88. The Morgan fingerprint density at radius 1 is 1.54 bits per heavy atom. The molecule has 68 valence electrons. The van der Waals surface area contributed by atoms with Gasteiger partial charge in [0.25, 0.3) is 0 Å². The predicted octanol–water partition coefficient (Wildman–Crippen LogP) is 1.46. The van der Waals surface area contributed by atoms with Gasteiger partial charge in [-0.25, -0.2) is 4.99 Å². The van der Waals surface area contributed by atoms with Crippen molar-refractivity contribution in [1.29, 1.82) is 0 Å². The molecular weight excluding hydrogens is 204 g/mol. The molecule has 5 heteroatoms. The summed E-state index contributed by atoms with van der Waals surface area (Å²) >= 11 is 6.38. The van der Waals surface area contributed by atoms with E-state index in [1.807, 2.05) is 13.8 Å². The lowest BCUT2D eigenvalue weighted by molar-refractivity contribution is -0.120. The summed E-state index contributed by atoms with van der Waals surface area (Å²) in [5, 5.41) is 3.67. The zero-order valence-electron chi connectivity index (χ0n) is 7.25. The second kappa shape index (κ2) is 2.92. The monoisotopic (exact) mass is 212 g/mol. The van der Waals surface area contributed by atoms with Crippen LogP contribution in [0.25, 0.3) is 0 Å². The molecule has 0 saturated carbocycles. The highest BCUT2D eigenvalue weighted by atomic mass is 32.2. The maximum absolute atomic E-state index is 11.5. The van der Waals surface area contributed by atoms with Crippen LogP contribution in [0.3, 0.4) is 0 Å². The first-order valence-electron chi connectivity index (χ1n) is 3.88. The highest BCUT2D eigenvalue weighted by Gasteiger charge is 2.36. The number of amides is 1. The average Bonchev–Trinajstić information content (AvgIpc) is 2.27. The summed E-state index contributed by atoms with van der Waals surface area (Å²) in [6.45, 7) is 3.96. The highest BCUT2D eigenvalue weighted by Crippen LogP contribution is 2.38. The van der Waals surface area contributed by atoms with Crippen LogP contribution in [0.2, 0.25) is 0 Å². The van der Waals surface area contributed by atoms with Crippen LogP contribution in [-0.2, 0) is 4.79 Å². The molecule has 1 atom stereocenters. The Balaban J connectivity index is 2.46. The number of carbonyl (C=O) groups is 1. The van der Waals surface area contributed by atoms with Gasteiger partial charge in [0, 0.05) is 0 Å². The van der Waals surface area contributed by atoms with Crippen molar-refractivity contribution in [3.8, 4) is 0 Å². The van der Waals surface area contributed by atoms with Crippen LogP contribution in [0, 0.1) is 5.92 Å². The normalized spacial score (nSPS) is 27.2. The molecule has 0 aromatic heterocycles. The second-order valence-electron chi connectivity index (χ2n) is 3.02. The quantitative estimate of drug-likeness (QED) is 0.618. The number of thiocarbonyl (C=S) groups is 1. The Morgan fingerprint density at radius 2 is 2.23 bits per heavy atom. The van der Waals surface area contributed by atoms with E-state index in [0.29, 0.717) is 0 Å². The summed E-state index contributed by atoms with van der Waals surface area (Å²) < 4.78 is 0. The van der Waals surface area contributed by atoms with E-state index in [1.54, 1.807) is 11.8 Å². The van der Waals surface area contributed by atoms with Gasteiger partial charge in [-0.1, -0.05) is 11.8 Å². The molecule has 0 aromatic carbocycles. The Kier molecular flexibility index (Phi) is 2.00. The molecule has 13 heavy (non-hydrogen) atoms. The van der Waals surface area contributed by atoms with Crippen molar-refractivity contribution in [2.24, 2.45) is 10.9 Å². The fraction of sp³-hybridized carbons (Fsp3) is 0.375. The van der Waals surface area contributed by atoms with Crippen LogP contribution in [0.1, 0.15) is 13.8 Å². The lowest BCUT2D eigenvalue weighted by Crippen LogP contribution is -2.41. The maximum atomic E-state index is 11.5. The molecule has 0 spiro atoms.